The van der Waals surface area contributed by atoms with Crippen LogP contribution in [0.1, 0.15) is 42.3 Å². The molecule has 1 saturated heterocycles. The Kier molecular flexibility index (Phi) is 4.74. The third kappa shape index (κ3) is 3.44. The van der Waals surface area contributed by atoms with Crippen molar-refractivity contribution in [1.82, 2.24) is 14.8 Å². The van der Waals surface area contributed by atoms with Crippen LogP contribution in [-0.4, -0.2) is 38.2 Å². The number of fused-ring (bicyclic) bond motifs is 1. The summed E-state index contributed by atoms with van der Waals surface area (Å²) in [5, 5.41) is 25.7. The van der Waals surface area contributed by atoms with Crippen LogP contribution in [0, 0.1) is 6.92 Å². The van der Waals surface area contributed by atoms with Gasteiger partial charge in [0.05, 0.1) is 35.7 Å². The summed E-state index contributed by atoms with van der Waals surface area (Å²) in [6.45, 7) is 4.23. The van der Waals surface area contributed by atoms with Crippen molar-refractivity contribution in [2.24, 2.45) is 0 Å². The van der Waals surface area contributed by atoms with E-state index in [9.17, 15) is 23.4 Å². The lowest BCUT2D eigenvalue weighted by Crippen LogP contribution is -2.15. The fourth-order valence-corrected chi connectivity index (χ4v) is 3.82. The van der Waals surface area contributed by atoms with E-state index in [0.29, 0.717) is 41.7 Å². The van der Waals surface area contributed by atoms with Crippen LogP contribution in [-0.2, 0) is 10.9 Å². The molecule has 1 aromatic carbocycles. The molecule has 6 nitrogen and oxygen atoms in total. The number of rotatable bonds is 3. The number of aryl methyl sites for hydroxylation is 1. The van der Waals surface area contributed by atoms with Crippen molar-refractivity contribution in [1.29, 1.82) is 0 Å². The maximum absolute atomic E-state index is 13.0. The zero-order valence-electron chi connectivity index (χ0n) is 15.9. The second kappa shape index (κ2) is 7.00. The van der Waals surface area contributed by atoms with E-state index in [2.05, 4.69) is 10.1 Å². The van der Waals surface area contributed by atoms with Crippen LogP contribution in [0.4, 0.5) is 13.2 Å². The number of aliphatic hydroxyl groups is 1. The van der Waals surface area contributed by atoms with Gasteiger partial charge >= 0.3 is 6.18 Å². The molecule has 0 saturated carbocycles. The summed E-state index contributed by atoms with van der Waals surface area (Å²) in [4.78, 5) is 4.47. The Morgan fingerprint density at radius 2 is 2.03 bits per heavy atom. The Labute approximate surface area is 164 Å². The van der Waals surface area contributed by atoms with E-state index in [4.69, 9.17) is 4.74 Å². The first-order valence-corrected chi connectivity index (χ1v) is 9.23. The molecule has 2 atom stereocenters. The monoisotopic (exact) mass is 407 g/mol. The average molecular weight is 407 g/mol. The van der Waals surface area contributed by atoms with Crippen molar-refractivity contribution in [3.05, 3.63) is 41.1 Å². The predicted molar refractivity (Wildman–Crippen MR) is 99.5 cm³/mol. The minimum Gasteiger partial charge on any atom is -0.507 e. The van der Waals surface area contributed by atoms with Gasteiger partial charge in [-0.15, -0.1) is 0 Å². The number of ether oxygens (including phenoxy) is 1. The molecular formula is C20H20F3N3O3. The van der Waals surface area contributed by atoms with Crippen molar-refractivity contribution in [3.8, 4) is 17.0 Å². The van der Waals surface area contributed by atoms with Crippen LogP contribution in [0.15, 0.2) is 24.3 Å². The van der Waals surface area contributed by atoms with Gasteiger partial charge in [0.15, 0.2) is 5.65 Å². The number of phenolic OH excluding ortho intramolecular Hbond substituents is 1. The molecule has 0 aliphatic carbocycles. The number of hydrogen-bond acceptors (Lipinski definition) is 5. The van der Waals surface area contributed by atoms with E-state index in [1.165, 1.54) is 6.92 Å². The minimum atomic E-state index is -4.55. The highest BCUT2D eigenvalue weighted by molar-refractivity contribution is 5.83. The summed E-state index contributed by atoms with van der Waals surface area (Å²) in [5.74, 6) is -0.497. The van der Waals surface area contributed by atoms with Gasteiger partial charge in [0, 0.05) is 17.6 Å². The van der Waals surface area contributed by atoms with E-state index in [1.54, 1.807) is 23.7 Å². The topological polar surface area (TPSA) is 80.4 Å². The van der Waals surface area contributed by atoms with Gasteiger partial charge < -0.3 is 14.9 Å². The standard InChI is InChI=1S/C20H20F3N3O3/c1-10-7-12(20(21,22)23)8-16(28)17(10)15-4-3-14-18(11(2)27)26(25-19(14)24-15)13-5-6-29-9-13/h3-4,7-8,11,13,27-28H,5-6,9H2,1-2H3/t11-,13+/m1/s1. The highest BCUT2D eigenvalue weighted by Gasteiger charge is 2.32. The van der Waals surface area contributed by atoms with E-state index in [1.807, 2.05) is 0 Å². The molecule has 1 aliphatic heterocycles. The second-order valence-electron chi connectivity index (χ2n) is 7.28. The van der Waals surface area contributed by atoms with Gasteiger partial charge in [0.1, 0.15) is 5.75 Å². The van der Waals surface area contributed by atoms with Crippen molar-refractivity contribution < 1.29 is 28.1 Å². The maximum atomic E-state index is 13.0. The molecule has 1 aliphatic rings. The molecule has 0 radical (unpaired) electrons. The zero-order valence-corrected chi connectivity index (χ0v) is 15.9. The minimum absolute atomic E-state index is 0.0153. The highest BCUT2D eigenvalue weighted by atomic mass is 19.4. The van der Waals surface area contributed by atoms with E-state index >= 15 is 0 Å². The van der Waals surface area contributed by atoms with Crippen molar-refractivity contribution in [2.45, 2.75) is 38.6 Å². The first kappa shape index (κ1) is 19.7. The number of aromatic nitrogens is 3. The molecule has 154 valence electrons. The molecule has 0 amide bonds. The van der Waals surface area contributed by atoms with Gasteiger partial charge in [-0.05, 0) is 50.1 Å². The third-order valence-corrected chi connectivity index (χ3v) is 5.15. The summed E-state index contributed by atoms with van der Waals surface area (Å²) in [5.41, 5.74) is 0.831. The summed E-state index contributed by atoms with van der Waals surface area (Å²) >= 11 is 0. The number of aromatic hydroxyl groups is 1. The maximum Gasteiger partial charge on any atom is 0.416 e. The van der Waals surface area contributed by atoms with Gasteiger partial charge in [0.2, 0.25) is 0 Å². The van der Waals surface area contributed by atoms with E-state index < -0.39 is 23.6 Å². The summed E-state index contributed by atoms with van der Waals surface area (Å²) in [6, 6.07) is 5.00. The first-order valence-electron chi connectivity index (χ1n) is 9.23. The highest BCUT2D eigenvalue weighted by Crippen LogP contribution is 2.39. The number of pyridine rings is 1. The molecular weight excluding hydrogens is 387 g/mol. The fraction of sp³-hybridized carbons (Fsp3) is 0.400. The van der Waals surface area contributed by atoms with E-state index in [0.717, 1.165) is 12.5 Å². The van der Waals surface area contributed by atoms with Gasteiger partial charge in [-0.3, -0.25) is 4.68 Å². The molecule has 0 spiro atoms. The van der Waals surface area contributed by atoms with Gasteiger partial charge in [0.25, 0.3) is 0 Å². The number of aliphatic hydroxyl groups excluding tert-OH is 1. The lowest BCUT2D eigenvalue weighted by molar-refractivity contribution is -0.137. The van der Waals surface area contributed by atoms with Gasteiger partial charge in [-0.25, -0.2) is 4.98 Å². The Bertz CT molecular complexity index is 1050. The van der Waals surface area contributed by atoms with Crippen LogP contribution >= 0.6 is 0 Å². The Morgan fingerprint density at radius 3 is 2.62 bits per heavy atom. The molecule has 3 heterocycles. The van der Waals surface area contributed by atoms with E-state index in [-0.39, 0.29) is 17.2 Å². The SMILES string of the molecule is Cc1cc(C(F)(F)F)cc(O)c1-c1ccc2c([C@@H](C)O)n([C@H]3CCOC3)nc2n1. The zero-order chi connectivity index (χ0) is 20.9. The average Bonchev–Trinajstić information content (AvgIpc) is 3.27. The quantitative estimate of drug-likeness (QED) is 0.682. The first-order chi connectivity index (χ1) is 13.7. The number of phenols is 1. The Hall–Kier alpha value is -2.65. The molecule has 2 aromatic heterocycles. The molecule has 9 heteroatoms. The number of benzene rings is 1. The van der Waals surface area contributed by atoms with Gasteiger partial charge in [-0.2, -0.15) is 18.3 Å². The fourth-order valence-electron chi connectivity index (χ4n) is 3.82. The number of nitrogens with zero attached hydrogens (tertiary/aromatic N) is 3. The molecule has 2 N–H and O–H groups in total. The predicted octanol–water partition coefficient (Wildman–Crippen LogP) is 4.15. The summed E-state index contributed by atoms with van der Waals surface area (Å²) in [6.07, 6.45) is -4.57. The number of hydrogen-bond donors (Lipinski definition) is 2. The summed E-state index contributed by atoms with van der Waals surface area (Å²) < 4.78 is 46.1. The largest absolute Gasteiger partial charge is 0.507 e. The van der Waals surface area contributed by atoms with Crippen LogP contribution in [0.25, 0.3) is 22.3 Å². The van der Waals surface area contributed by atoms with Gasteiger partial charge in [-0.1, -0.05) is 0 Å². The molecule has 29 heavy (non-hydrogen) atoms. The number of alkyl halides is 3. The Balaban J connectivity index is 1.85. The molecule has 3 aromatic rings. The lowest BCUT2D eigenvalue weighted by atomic mass is 10.00. The van der Waals surface area contributed by atoms with Crippen LogP contribution in [0.3, 0.4) is 0 Å². The second-order valence-corrected chi connectivity index (χ2v) is 7.28. The van der Waals surface area contributed by atoms with Crippen LogP contribution in [0.2, 0.25) is 0 Å². The smallest absolute Gasteiger partial charge is 0.416 e. The summed E-state index contributed by atoms with van der Waals surface area (Å²) in [7, 11) is 0. The Morgan fingerprint density at radius 1 is 1.28 bits per heavy atom. The molecule has 0 bridgehead atoms. The third-order valence-electron chi connectivity index (χ3n) is 5.15. The molecule has 4 rings (SSSR count). The lowest BCUT2D eigenvalue weighted by Gasteiger charge is -2.14. The number of halogens is 3. The van der Waals surface area contributed by atoms with Crippen LogP contribution < -0.4 is 0 Å². The van der Waals surface area contributed by atoms with Crippen molar-refractivity contribution in [2.75, 3.05) is 13.2 Å². The molecule has 1 fully saturated rings. The molecule has 0 unspecified atom stereocenters. The van der Waals surface area contributed by atoms with Crippen molar-refractivity contribution >= 4 is 11.0 Å². The van der Waals surface area contributed by atoms with Crippen molar-refractivity contribution in [3.63, 3.8) is 0 Å². The van der Waals surface area contributed by atoms with Crippen LogP contribution in [0.5, 0.6) is 5.75 Å². The normalized spacial score (nSPS) is 18.5.